The first-order chi connectivity index (χ1) is 8.77. The molecule has 1 aromatic carbocycles. The molecule has 18 heavy (non-hydrogen) atoms. The lowest BCUT2D eigenvalue weighted by molar-refractivity contribution is -0.125. The molecule has 0 saturated carbocycles. The van der Waals surface area contributed by atoms with Gasteiger partial charge in [-0.15, -0.1) is 0 Å². The van der Waals surface area contributed by atoms with Crippen LogP contribution in [0.5, 0.6) is 0 Å². The van der Waals surface area contributed by atoms with Crippen molar-refractivity contribution < 1.29 is 4.79 Å². The van der Waals surface area contributed by atoms with Gasteiger partial charge in [0.05, 0.1) is 6.54 Å². The molecule has 0 unspecified atom stereocenters. The lowest BCUT2D eigenvalue weighted by Gasteiger charge is -2.21. The summed E-state index contributed by atoms with van der Waals surface area (Å²) in [4.78, 5) is 18.1. The number of aliphatic imine (C=N–C) groups is 1. The molecule has 0 atom stereocenters. The van der Waals surface area contributed by atoms with Crippen LogP contribution in [0.3, 0.4) is 0 Å². The maximum absolute atomic E-state index is 11.8. The van der Waals surface area contributed by atoms with Crippen LogP contribution in [0, 0.1) is 0 Å². The van der Waals surface area contributed by atoms with Crippen LogP contribution in [-0.2, 0) is 11.3 Å². The summed E-state index contributed by atoms with van der Waals surface area (Å²) in [6.45, 7) is 3.06. The Morgan fingerprint density at radius 2 is 2.11 bits per heavy atom. The number of benzene rings is 1. The molecule has 1 amide bonds. The third kappa shape index (κ3) is 3.60. The highest BCUT2D eigenvalue weighted by Crippen LogP contribution is 2.18. The zero-order valence-electron chi connectivity index (χ0n) is 10.6. The molecule has 1 heterocycles. The van der Waals surface area contributed by atoms with Gasteiger partial charge in [-0.1, -0.05) is 42.1 Å². The van der Waals surface area contributed by atoms with E-state index in [4.69, 9.17) is 0 Å². The van der Waals surface area contributed by atoms with Crippen molar-refractivity contribution in [3.8, 4) is 0 Å². The second-order valence-electron chi connectivity index (χ2n) is 4.31. The van der Waals surface area contributed by atoms with E-state index in [2.05, 4.69) is 4.99 Å². The second kappa shape index (κ2) is 6.59. The monoisotopic (exact) mass is 262 g/mol. The van der Waals surface area contributed by atoms with E-state index in [0.29, 0.717) is 6.54 Å². The van der Waals surface area contributed by atoms with Gasteiger partial charge in [-0.05, 0) is 18.4 Å². The molecule has 0 bridgehead atoms. The largest absolute Gasteiger partial charge is 0.287 e. The second-order valence-corrected chi connectivity index (χ2v) is 5.37. The number of carbonyl (C=O) groups is 1. The normalized spacial score (nSPS) is 15.7. The van der Waals surface area contributed by atoms with Crippen molar-refractivity contribution in [2.75, 3.05) is 12.3 Å². The van der Waals surface area contributed by atoms with Crippen molar-refractivity contribution in [2.45, 2.75) is 26.3 Å². The predicted octanol–water partition coefficient (Wildman–Crippen LogP) is 2.92. The molecule has 0 spiro atoms. The third-order valence-corrected chi connectivity index (χ3v) is 3.93. The quantitative estimate of drug-likeness (QED) is 0.821. The first-order valence-electron chi connectivity index (χ1n) is 6.26. The minimum Gasteiger partial charge on any atom is -0.287 e. The van der Waals surface area contributed by atoms with Crippen LogP contribution >= 0.6 is 11.8 Å². The molecule has 96 valence electrons. The molecule has 0 N–H and O–H groups in total. The van der Waals surface area contributed by atoms with Gasteiger partial charge in [-0.3, -0.25) is 14.7 Å². The van der Waals surface area contributed by atoms with Gasteiger partial charge >= 0.3 is 0 Å². The average molecular weight is 262 g/mol. The molecule has 1 aromatic rings. The maximum Gasteiger partial charge on any atom is 0.225 e. The Labute approximate surface area is 112 Å². The number of carbonyl (C=O) groups excluding carboxylic acids is 1. The Morgan fingerprint density at radius 3 is 2.83 bits per heavy atom. The van der Waals surface area contributed by atoms with Gasteiger partial charge in [0.2, 0.25) is 5.91 Å². The molecule has 0 fully saturated rings. The van der Waals surface area contributed by atoms with Gasteiger partial charge in [0.1, 0.15) is 0 Å². The number of amides is 1. The van der Waals surface area contributed by atoms with Crippen LogP contribution in [0.4, 0.5) is 0 Å². The van der Waals surface area contributed by atoms with Crippen LogP contribution in [0.25, 0.3) is 0 Å². The molecular formula is C14H18N2OS. The fourth-order valence-electron chi connectivity index (χ4n) is 1.84. The Morgan fingerprint density at radius 1 is 1.33 bits per heavy atom. The van der Waals surface area contributed by atoms with Gasteiger partial charge in [0.25, 0.3) is 0 Å². The fourth-order valence-corrected chi connectivity index (χ4v) is 2.90. The number of hydrogen-bond acceptors (Lipinski definition) is 3. The minimum absolute atomic E-state index is 0.0620. The summed E-state index contributed by atoms with van der Waals surface area (Å²) in [7, 11) is 0. The maximum atomic E-state index is 11.8. The van der Waals surface area contributed by atoms with Crippen LogP contribution in [0.2, 0.25) is 0 Å². The van der Waals surface area contributed by atoms with Crippen molar-refractivity contribution in [2.24, 2.45) is 4.99 Å². The summed E-state index contributed by atoms with van der Waals surface area (Å²) < 4.78 is 0. The molecule has 0 saturated heterocycles. The van der Waals surface area contributed by atoms with Crippen molar-refractivity contribution in [3.63, 3.8) is 0 Å². The highest BCUT2D eigenvalue weighted by atomic mass is 32.2. The average Bonchev–Trinajstić information content (AvgIpc) is 2.65. The molecule has 0 radical (unpaired) electrons. The van der Waals surface area contributed by atoms with Crippen LogP contribution in [-0.4, -0.2) is 28.3 Å². The Bertz CT molecular complexity index is 431. The third-order valence-electron chi connectivity index (χ3n) is 2.83. The standard InChI is InChI=1S/C14H18N2OS/c1-12(17)16(11-13-7-3-2-4-8-13)14-15-9-5-6-10-18-14/h2-4,7-8H,5-6,9-11H2,1H3. The first kappa shape index (κ1) is 13.1. The van der Waals surface area contributed by atoms with E-state index >= 15 is 0 Å². The summed E-state index contributed by atoms with van der Waals surface area (Å²) in [6.07, 6.45) is 2.29. The van der Waals surface area contributed by atoms with Crippen molar-refractivity contribution in [1.82, 2.24) is 4.90 Å². The topological polar surface area (TPSA) is 32.7 Å². The SMILES string of the molecule is CC(=O)N(Cc1ccccc1)C1=NCCCCS1. The Hall–Kier alpha value is -1.29. The van der Waals surface area contributed by atoms with Crippen LogP contribution < -0.4 is 0 Å². The van der Waals surface area contributed by atoms with Crippen LogP contribution in [0.15, 0.2) is 35.3 Å². The summed E-state index contributed by atoms with van der Waals surface area (Å²) >= 11 is 1.69. The molecule has 1 aliphatic rings. The van der Waals surface area contributed by atoms with E-state index in [9.17, 15) is 4.79 Å². The van der Waals surface area contributed by atoms with Crippen molar-refractivity contribution in [1.29, 1.82) is 0 Å². The van der Waals surface area contributed by atoms with E-state index in [1.54, 1.807) is 23.6 Å². The number of amidine groups is 1. The number of thioether (sulfide) groups is 1. The summed E-state index contributed by atoms with van der Waals surface area (Å²) in [5.74, 6) is 1.12. The smallest absolute Gasteiger partial charge is 0.225 e. The lowest BCUT2D eigenvalue weighted by Crippen LogP contribution is -2.33. The van der Waals surface area contributed by atoms with Crippen molar-refractivity contribution in [3.05, 3.63) is 35.9 Å². The van der Waals surface area contributed by atoms with E-state index in [0.717, 1.165) is 29.4 Å². The summed E-state index contributed by atoms with van der Waals surface area (Å²) in [5.41, 5.74) is 1.14. The van der Waals surface area contributed by atoms with E-state index in [1.165, 1.54) is 6.42 Å². The predicted molar refractivity (Wildman–Crippen MR) is 76.7 cm³/mol. The molecule has 0 aliphatic carbocycles. The molecule has 1 aliphatic heterocycles. The van der Waals surface area contributed by atoms with E-state index in [-0.39, 0.29) is 5.91 Å². The first-order valence-corrected chi connectivity index (χ1v) is 7.25. The molecular weight excluding hydrogens is 244 g/mol. The number of rotatable bonds is 2. The van der Waals surface area contributed by atoms with E-state index < -0.39 is 0 Å². The van der Waals surface area contributed by atoms with Gasteiger partial charge in [0.15, 0.2) is 5.17 Å². The summed E-state index contributed by atoms with van der Waals surface area (Å²) in [5, 5.41) is 0.879. The van der Waals surface area contributed by atoms with Crippen LogP contribution in [0.1, 0.15) is 25.3 Å². The molecule has 2 rings (SSSR count). The summed E-state index contributed by atoms with van der Waals surface area (Å²) in [6, 6.07) is 10.1. The highest BCUT2D eigenvalue weighted by molar-refractivity contribution is 8.13. The molecule has 3 nitrogen and oxygen atoms in total. The minimum atomic E-state index is 0.0620. The van der Waals surface area contributed by atoms with Gasteiger partial charge in [-0.25, -0.2) is 0 Å². The zero-order chi connectivity index (χ0) is 12.8. The van der Waals surface area contributed by atoms with Crippen molar-refractivity contribution >= 4 is 22.8 Å². The Kier molecular flexibility index (Phi) is 4.81. The lowest BCUT2D eigenvalue weighted by atomic mass is 10.2. The fraction of sp³-hybridized carbons (Fsp3) is 0.429. The van der Waals surface area contributed by atoms with Gasteiger partial charge in [-0.2, -0.15) is 0 Å². The van der Waals surface area contributed by atoms with Gasteiger partial charge < -0.3 is 0 Å². The van der Waals surface area contributed by atoms with Gasteiger partial charge in [0, 0.05) is 19.2 Å². The number of nitrogens with zero attached hydrogens (tertiary/aromatic N) is 2. The molecule has 4 heteroatoms. The highest BCUT2D eigenvalue weighted by Gasteiger charge is 2.18. The molecule has 0 aromatic heterocycles. The Balaban J connectivity index is 2.13. The van der Waals surface area contributed by atoms with E-state index in [1.807, 2.05) is 30.3 Å². The number of hydrogen-bond donors (Lipinski definition) is 0. The zero-order valence-corrected chi connectivity index (χ0v) is 11.4.